The Balaban J connectivity index is 1.75. The van der Waals surface area contributed by atoms with E-state index in [0.717, 1.165) is 24.4 Å². The van der Waals surface area contributed by atoms with Crippen molar-refractivity contribution in [1.82, 2.24) is 24.9 Å². The van der Waals surface area contributed by atoms with E-state index in [4.69, 9.17) is 5.26 Å². The van der Waals surface area contributed by atoms with Gasteiger partial charge in [0.2, 0.25) is 11.9 Å². The number of rotatable bonds is 4. The Morgan fingerprint density at radius 2 is 1.74 bits per heavy atom. The Morgan fingerprint density at radius 1 is 0.971 bits per heavy atom. The van der Waals surface area contributed by atoms with Crippen LogP contribution in [0.2, 0.25) is 0 Å². The van der Waals surface area contributed by atoms with Crippen LogP contribution < -0.4 is 10.2 Å². The summed E-state index contributed by atoms with van der Waals surface area (Å²) in [5.41, 5.74) is -2.55. The molecule has 3 aromatic heterocycles. The highest BCUT2D eigenvalue weighted by atomic mass is 19.4. The molecule has 4 rings (SSSR count). The lowest BCUT2D eigenvalue weighted by Crippen LogP contribution is -2.23. The van der Waals surface area contributed by atoms with Crippen molar-refractivity contribution in [2.24, 2.45) is 5.92 Å². The minimum Gasteiger partial charge on any atom is -0.339 e. The molecule has 34 heavy (non-hydrogen) atoms. The predicted molar refractivity (Wildman–Crippen MR) is 107 cm³/mol. The molecular formula is C20H14F6N8. The lowest BCUT2D eigenvalue weighted by molar-refractivity contribution is -0.141. The number of nitrogens with zero attached hydrogens (tertiary/aromatic N) is 7. The molecule has 0 amide bonds. The van der Waals surface area contributed by atoms with E-state index < -0.39 is 23.7 Å². The van der Waals surface area contributed by atoms with Gasteiger partial charge in [-0.05, 0) is 30.7 Å². The molecule has 0 aromatic carbocycles. The van der Waals surface area contributed by atoms with Gasteiger partial charge in [0.1, 0.15) is 17.1 Å². The van der Waals surface area contributed by atoms with Crippen molar-refractivity contribution in [3.63, 3.8) is 0 Å². The second-order valence-corrected chi connectivity index (χ2v) is 7.30. The molecule has 1 N–H and O–H groups in total. The number of nitrogens with one attached hydrogen (secondary N) is 1. The minimum absolute atomic E-state index is 0.0428. The van der Waals surface area contributed by atoms with Crippen molar-refractivity contribution >= 4 is 17.6 Å². The van der Waals surface area contributed by atoms with Crippen LogP contribution in [0.5, 0.6) is 0 Å². The topological polar surface area (TPSA) is 104 Å². The van der Waals surface area contributed by atoms with Gasteiger partial charge in [-0.3, -0.25) is 4.98 Å². The molecule has 0 bridgehead atoms. The fourth-order valence-corrected chi connectivity index (χ4v) is 3.23. The van der Waals surface area contributed by atoms with Gasteiger partial charge in [-0.2, -0.15) is 46.6 Å². The number of hydrogen-bond acceptors (Lipinski definition) is 8. The zero-order valence-electron chi connectivity index (χ0n) is 17.1. The Morgan fingerprint density at radius 3 is 2.41 bits per heavy atom. The van der Waals surface area contributed by atoms with Gasteiger partial charge in [0, 0.05) is 25.0 Å². The van der Waals surface area contributed by atoms with Crippen LogP contribution in [0.3, 0.4) is 0 Å². The molecule has 8 nitrogen and oxygen atoms in total. The number of halogens is 6. The third-order valence-corrected chi connectivity index (χ3v) is 4.85. The largest absolute Gasteiger partial charge is 0.433 e. The number of anilines is 3. The Labute approximate surface area is 188 Å². The summed E-state index contributed by atoms with van der Waals surface area (Å²) in [5, 5.41) is 11.8. The first-order valence-electron chi connectivity index (χ1n) is 9.78. The fraction of sp³-hybridized carbons (Fsp3) is 0.300. The summed E-state index contributed by atoms with van der Waals surface area (Å²) in [6.45, 7) is 0.688. The molecule has 3 aromatic rings. The van der Waals surface area contributed by atoms with Gasteiger partial charge in [0.15, 0.2) is 5.82 Å². The van der Waals surface area contributed by atoms with Crippen molar-refractivity contribution in [1.29, 1.82) is 5.26 Å². The van der Waals surface area contributed by atoms with Crippen molar-refractivity contribution in [2.45, 2.75) is 18.8 Å². The van der Waals surface area contributed by atoms with Gasteiger partial charge in [0.25, 0.3) is 0 Å². The average Bonchev–Trinajstić information content (AvgIpc) is 3.28. The second-order valence-electron chi connectivity index (χ2n) is 7.30. The molecular weight excluding hydrogens is 466 g/mol. The summed E-state index contributed by atoms with van der Waals surface area (Å²) >= 11 is 0. The molecule has 0 unspecified atom stereocenters. The van der Waals surface area contributed by atoms with Gasteiger partial charge in [-0.1, -0.05) is 6.07 Å². The highest BCUT2D eigenvalue weighted by Gasteiger charge is 2.34. The highest BCUT2D eigenvalue weighted by Crippen LogP contribution is 2.31. The van der Waals surface area contributed by atoms with Crippen LogP contribution >= 0.6 is 0 Å². The highest BCUT2D eigenvalue weighted by molar-refractivity contribution is 5.59. The van der Waals surface area contributed by atoms with Gasteiger partial charge in [0.05, 0.1) is 12.0 Å². The zero-order valence-corrected chi connectivity index (χ0v) is 17.1. The molecule has 4 heterocycles. The van der Waals surface area contributed by atoms with Gasteiger partial charge in [-0.25, -0.2) is 4.98 Å². The van der Waals surface area contributed by atoms with Gasteiger partial charge >= 0.3 is 12.4 Å². The third kappa shape index (κ3) is 5.13. The Bertz CT molecular complexity index is 1240. The lowest BCUT2D eigenvalue weighted by Gasteiger charge is -2.17. The lowest BCUT2D eigenvalue weighted by atomic mass is 10.1. The SMILES string of the molecule is N#C[C@@H]1CCN(c2nc(Nc3ccnc(C(F)(F)F)c3)nc(-c3cccc(C(F)(F)F)n3)n2)C1. The van der Waals surface area contributed by atoms with Crippen LogP contribution in [0.15, 0.2) is 36.5 Å². The molecule has 14 heteroatoms. The van der Waals surface area contributed by atoms with E-state index in [-0.39, 0.29) is 41.6 Å². The van der Waals surface area contributed by atoms with E-state index in [0.29, 0.717) is 13.0 Å². The smallest absolute Gasteiger partial charge is 0.339 e. The number of alkyl halides is 6. The van der Waals surface area contributed by atoms with Crippen LogP contribution in [-0.4, -0.2) is 38.0 Å². The zero-order chi connectivity index (χ0) is 24.5. The average molecular weight is 480 g/mol. The predicted octanol–water partition coefficient (Wildman–Crippen LogP) is 4.46. The summed E-state index contributed by atoms with van der Waals surface area (Å²) in [6, 6.07) is 7.33. The van der Waals surface area contributed by atoms with Gasteiger partial charge < -0.3 is 10.2 Å². The van der Waals surface area contributed by atoms with Crippen LogP contribution in [0.4, 0.5) is 43.9 Å². The standard InChI is InChI=1S/C20H14F6N8/c21-19(22,23)14-3-1-2-13(30-14)16-31-17(29-12-4-6-28-15(8-12)20(24,25)26)33-18(32-16)34-7-5-11(9-27)10-34/h1-4,6,8,11H,5,7,10H2,(H,28,29,31,32,33)/t11-/m0/s1. The van der Waals surface area contributed by atoms with Crippen molar-refractivity contribution in [3.05, 3.63) is 47.9 Å². The Kier molecular flexibility index (Phi) is 5.94. The molecule has 1 aliphatic heterocycles. The summed E-state index contributed by atoms with van der Waals surface area (Å²) in [5.74, 6) is -0.671. The number of aromatic nitrogens is 5. The number of pyridine rings is 2. The first kappa shape index (κ1) is 23.1. The number of nitriles is 1. The number of hydrogen-bond donors (Lipinski definition) is 1. The van der Waals surface area contributed by atoms with E-state index in [1.165, 1.54) is 12.1 Å². The molecule has 0 radical (unpaired) electrons. The molecule has 0 aliphatic carbocycles. The molecule has 1 saturated heterocycles. The third-order valence-electron chi connectivity index (χ3n) is 4.85. The summed E-state index contributed by atoms with van der Waals surface area (Å²) in [6.07, 6.45) is -7.91. The normalized spacial score (nSPS) is 16.4. The molecule has 0 saturated carbocycles. The van der Waals surface area contributed by atoms with Crippen molar-refractivity contribution in [3.8, 4) is 17.6 Å². The van der Waals surface area contributed by atoms with Crippen LogP contribution in [0.1, 0.15) is 17.8 Å². The summed E-state index contributed by atoms with van der Waals surface area (Å²) in [4.78, 5) is 21.0. The van der Waals surface area contributed by atoms with E-state index in [1.54, 1.807) is 4.90 Å². The van der Waals surface area contributed by atoms with Crippen LogP contribution in [0, 0.1) is 17.2 Å². The Hall–Kier alpha value is -4.02. The monoisotopic (exact) mass is 480 g/mol. The molecule has 1 atom stereocenters. The maximum absolute atomic E-state index is 13.1. The summed E-state index contributed by atoms with van der Waals surface area (Å²) < 4.78 is 78.4. The van der Waals surface area contributed by atoms with E-state index in [1.807, 2.05) is 0 Å². The quantitative estimate of drug-likeness (QED) is 0.546. The first-order chi connectivity index (χ1) is 16.0. The molecule has 0 spiro atoms. The summed E-state index contributed by atoms with van der Waals surface area (Å²) in [7, 11) is 0. The maximum Gasteiger partial charge on any atom is 0.433 e. The second kappa shape index (κ2) is 8.73. The van der Waals surface area contributed by atoms with Crippen molar-refractivity contribution < 1.29 is 26.3 Å². The van der Waals surface area contributed by atoms with Gasteiger partial charge in [-0.15, -0.1) is 0 Å². The molecule has 176 valence electrons. The van der Waals surface area contributed by atoms with E-state index in [9.17, 15) is 26.3 Å². The fourth-order valence-electron chi connectivity index (χ4n) is 3.23. The first-order valence-corrected chi connectivity index (χ1v) is 9.78. The molecule has 1 fully saturated rings. The maximum atomic E-state index is 13.1. The van der Waals surface area contributed by atoms with Crippen molar-refractivity contribution in [2.75, 3.05) is 23.3 Å². The minimum atomic E-state index is -4.70. The van der Waals surface area contributed by atoms with E-state index in [2.05, 4.69) is 36.3 Å². The molecule has 1 aliphatic rings. The van der Waals surface area contributed by atoms with E-state index >= 15 is 0 Å². The van der Waals surface area contributed by atoms with Crippen LogP contribution in [-0.2, 0) is 12.4 Å². The van der Waals surface area contributed by atoms with Crippen LogP contribution in [0.25, 0.3) is 11.5 Å².